The minimum atomic E-state index is 0.344. The average molecular weight is 393 g/mol. The van der Waals surface area contributed by atoms with Crippen molar-refractivity contribution in [2.45, 2.75) is 59.3 Å². The van der Waals surface area contributed by atoms with Gasteiger partial charge in [-0.1, -0.05) is 56.5 Å². The number of aryl methyl sites for hydroxylation is 3. The highest BCUT2D eigenvalue weighted by Gasteiger charge is 2.05. The first kappa shape index (κ1) is 28.5. The predicted octanol–water partition coefficient (Wildman–Crippen LogP) is 7.84. The molecule has 1 aliphatic rings. The fourth-order valence-corrected chi connectivity index (χ4v) is 2.51. The van der Waals surface area contributed by atoms with E-state index < -0.39 is 0 Å². The van der Waals surface area contributed by atoms with E-state index in [1.807, 2.05) is 12.1 Å². The zero-order valence-corrected chi connectivity index (χ0v) is 18.8. The van der Waals surface area contributed by atoms with Crippen LogP contribution in [0.1, 0.15) is 54.9 Å². The van der Waals surface area contributed by atoms with E-state index >= 15 is 0 Å². The Hall–Kier alpha value is -2.72. The second-order valence-corrected chi connectivity index (χ2v) is 6.99. The molecule has 158 valence electrons. The van der Waals surface area contributed by atoms with Crippen molar-refractivity contribution in [2.75, 3.05) is 0 Å². The summed E-state index contributed by atoms with van der Waals surface area (Å²) in [6.07, 6.45) is 15.9. The quantitative estimate of drug-likeness (QED) is 0.406. The highest BCUT2D eigenvalue weighted by molar-refractivity contribution is 5.30. The summed E-state index contributed by atoms with van der Waals surface area (Å²) in [6.45, 7) is 18.7. The van der Waals surface area contributed by atoms with Crippen molar-refractivity contribution in [3.05, 3.63) is 91.0 Å². The molecule has 1 nitrogen and oxygen atoms in total. The van der Waals surface area contributed by atoms with Gasteiger partial charge in [0.2, 0.25) is 0 Å². The molecule has 0 amide bonds. The predicted molar refractivity (Wildman–Crippen MR) is 131 cm³/mol. The largest absolute Gasteiger partial charge is 0.508 e. The Bertz CT molecular complexity index is 660. The molecule has 0 aromatic heterocycles. The van der Waals surface area contributed by atoms with Gasteiger partial charge in [0.15, 0.2) is 0 Å². The molecule has 2 aromatic carbocycles. The van der Waals surface area contributed by atoms with Gasteiger partial charge < -0.3 is 5.11 Å². The van der Waals surface area contributed by atoms with Crippen LogP contribution in [0.5, 0.6) is 5.75 Å². The highest BCUT2D eigenvalue weighted by Crippen LogP contribution is 2.18. The molecule has 0 aliphatic heterocycles. The molecule has 1 N–H and O–H groups in total. The summed E-state index contributed by atoms with van der Waals surface area (Å²) < 4.78 is 0. The normalized spacial score (nSPS) is 11.3. The SMILES string of the molecule is C#C.C1CC1.C=C.C=C.Cc1ccc(CC(C)CCc2ccc(O)cc2)cc1C. The van der Waals surface area contributed by atoms with Crippen molar-refractivity contribution >= 4 is 0 Å². The monoisotopic (exact) mass is 392 g/mol. The van der Waals surface area contributed by atoms with Crippen LogP contribution in [-0.4, -0.2) is 5.11 Å². The van der Waals surface area contributed by atoms with Gasteiger partial charge in [-0.05, 0) is 73.4 Å². The van der Waals surface area contributed by atoms with Gasteiger partial charge >= 0.3 is 0 Å². The van der Waals surface area contributed by atoms with Crippen molar-refractivity contribution in [3.8, 4) is 18.6 Å². The first-order valence-electron chi connectivity index (χ1n) is 10.2. The van der Waals surface area contributed by atoms with Gasteiger partial charge in [-0.2, -0.15) is 0 Å². The van der Waals surface area contributed by atoms with Gasteiger partial charge in [0.25, 0.3) is 0 Å². The van der Waals surface area contributed by atoms with E-state index in [1.165, 1.54) is 47.9 Å². The average Bonchev–Trinajstić information content (AvgIpc) is 3.64. The minimum absolute atomic E-state index is 0.344. The Labute approximate surface area is 180 Å². The van der Waals surface area contributed by atoms with Crippen LogP contribution in [0.3, 0.4) is 0 Å². The number of rotatable bonds is 5. The van der Waals surface area contributed by atoms with Crippen LogP contribution < -0.4 is 0 Å². The van der Waals surface area contributed by atoms with Gasteiger partial charge in [-0.15, -0.1) is 39.2 Å². The van der Waals surface area contributed by atoms with Crippen LogP contribution in [0.15, 0.2) is 68.8 Å². The molecule has 3 rings (SSSR count). The number of terminal acetylenes is 1. The Balaban J connectivity index is 0. The standard InChI is InChI=1S/C19H24O.C3H6.2C2H4.C2H2/c1-14(4-6-17-8-10-19(20)11-9-17)12-18-7-5-15(2)16(3)13-18;1-2-3-1;3*1-2/h5,7-11,13-14,20H,4,6,12H2,1-3H3;1-3H2;2*1-2H2;1-2H. The van der Waals surface area contributed by atoms with Crippen LogP contribution >= 0.6 is 0 Å². The maximum atomic E-state index is 9.28. The number of phenolic OH excluding ortho intramolecular Hbond substituents is 1. The highest BCUT2D eigenvalue weighted by atomic mass is 16.3. The van der Waals surface area contributed by atoms with Crippen molar-refractivity contribution in [1.82, 2.24) is 0 Å². The van der Waals surface area contributed by atoms with Crippen LogP contribution in [0.4, 0.5) is 0 Å². The van der Waals surface area contributed by atoms with Gasteiger partial charge in [-0.25, -0.2) is 0 Å². The maximum Gasteiger partial charge on any atom is 0.115 e. The summed E-state index contributed by atoms with van der Waals surface area (Å²) in [5.74, 6) is 1.02. The lowest BCUT2D eigenvalue weighted by atomic mass is 9.93. The Morgan fingerprint density at radius 2 is 1.31 bits per heavy atom. The van der Waals surface area contributed by atoms with Crippen molar-refractivity contribution in [3.63, 3.8) is 0 Å². The third-order valence-corrected chi connectivity index (χ3v) is 4.37. The van der Waals surface area contributed by atoms with E-state index in [1.54, 1.807) is 12.1 Å². The number of hydrogen-bond donors (Lipinski definition) is 1. The van der Waals surface area contributed by atoms with E-state index in [2.05, 4.69) is 78.1 Å². The lowest BCUT2D eigenvalue weighted by Crippen LogP contribution is -2.02. The summed E-state index contributed by atoms with van der Waals surface area (Å²) in [7, 11) is 0. The third-order valence-electron chi connectivity index (χ3n) is 4.37. The molecule has 1 heteroatoms. The molecule has 0 bridgehead atoms. The van der Waals surface area contributed by atoms with E-state index in [4.69, 9.17) is 0 Å². The molecular weight excluding hydrogens is 352 g/mol. The minimum Gasteiger partial charge on any atom is -0.508 e. The Kier molecular flexibility index (Phi) is 18.3. The van der Waals surface area contributed by atoms with Crippen molar-refractivity contribution in [2.24, 2.45) is 5.92 Å². The molecule has 0 radical (unpaired) electrons. The summed E-state index contributed by atoms with van der Waals surface area (Å²) in [4.78, 5) is 0. The Morgan fingerprint density at radius 3 is 1.76 bits per heavy atom. The number of hydrogen-bond acceptors (Lipinski definition) is 1. The second-order valence-electron chi connectivity index (χ2n) is 6.99. The zero-order valence-electron chi connectivity index (χ0n) is 18.8. The van der Waals surface area contributed by atoms with Gasteiger partial charge in [-0.3, -0.25) is 0 Å². The molecule has 0 saturated heterocycles. The molecule has 1 fully saturated rings. The molecule has 0 spiro atoms. The molecule has 0 heterocycles. The summed E-state index contributed by atoms with van der Waals surface area (Å²) >= 11 is 0. The summed E-state index contributed by atoms with van der Waals surface area (Å²) in [5.41, 5.74) is 5.49. The van der Waals surface area contributed by atoms with Gasteiger partial charge in [0.05, 0.1) is 0 Å². The zero-order chi connectivity index (χ0) is 22.7. The van der Waals surface area contributed by atoms with E-state index in [0.717, 1.165) is 12.8 Å². The first-order chi connectivity index (χ1) is 14.0. The van der Waals surface area contributed by atoms with Gasteiger partial charge in [0, 0.05) is 0 Å². The molecule has 1 saturated carbocycles. The summed E-state index contributed by atoms with van der Waals surface area (Å²) in [5, 5.41) is 9.28. The molecule has 1 atom stereocenters. The topological polar surface area (TPSA) is 20.2 Å². The van der Waals surface area contributed by atoms with Crippen molar-refractivity contribution < 1.29 is 5.11 Å². The maximum absolute atomic E-state index is 9.28. The molecule has 2 aromatic rings. The van der Waals surface area contributed by atoms with Gasteiger partial charge in [0.1, 0.15) is 5.75 Å². The smallest absolute Gasteiger partial charge is 0.115 e. The lowest BCUT2D eigenvalue weighted by Gasteiger charge is -2.13. The molecular formula is C28H40O. The summed E-state index contributed by atoms with van der Waals surface area (Å²) in [6, 6.07) is 14.3. The number of phenols is 1. The molecule has 1 aliphatic carbocycles. The number of benzene rings is 2. The second kappa shape index (κ2) is 18.6. The van der Waals surface area contributed by atoms with E-state index in [-0.39, 0.29) is 0 Å². The van der Waals surface area contributed by atoms with Crippen LogP contribution in [0.2, 0.25) is 0 Å². The third kappa shape index (κ3) is 14.9. The molecule has 1 unspecified atom stereocenters. The van der Waals surface area contributed by atoms with Crippen molar-refractivity contribution in [1.29, 1.82) is 0 Å². The number of aromatic hydroxyl groups is 1. The van der Waals surface area contributed by atoms with Crippen LogP contribution in [0.25, 0.3) is 0 Å². The molecule has 29 heavy (non-hydrogen) atoms. The van der Waals surface area contributed by atoms with E-state index in [9.17, 15) is 5.11 Å². The van der Waals surface area contributed by atoms with E-state index in [0.29, 0.717) is 11.7 Å². The fourth-order valence-electron chi connectivity index (χ4n) is 2.51. The first-order valence-corrected chi connectivity index (χ1v) is 10.2. The Morgan fingerprint density at radius 1 is 0.828 bits per heavy atom. The fraction of sp³-hybridized carbons (Fsp3) is 0.357. The lowest BCUT2D eigenvalue weighted by molar-refractivity contribution is 0.474. The van der Waals surface area contributed by atoms with Crippen LogP contribution in [-0.2, 0) is 12.8 Å². The van der Waals surface area contributed by atoms with Crippen LogP contribution in [0, 0.1) is 32.6 Å².